The van der Waals surface area contributed by atoms with E-state index in [9.17, 15) is 9.59 Å². The van der Waals surface area contributed by atoms with Crippen LogP contribution in [0.4, 0.5) is 0 Å². The first-order chi connectivity index (χ1) is 23.8. The van der Waals surface area contributed by atoms with Crippen molar-refractivity contribution < 1.29 is 19.1 Å². The van der Waals surface area contributed by atoms with Gasteiger partial charge in [-0.05, 0) is 107 Å². The molecule has 0 heterocycles. The van der Waals surface area contributed by atoms with E-state index in [0.717, 1.165) is 56.3 Å². The van der Waals surface area contributed by atoms with Crippen molar-refractivity contribution in [2.24, 2.45) is 41.4 Å². The number of ether oxygens (including phenoxy) is 2. The fraction of sp³-hybridized carbons (Fsp3) is 0.956. The smallest absolute Gasteiger partial charge is 0.305 e. The predicted molar refractivity (Wildman–Crippen MR) is 216 cm³/mol. The first kappa shape index (κ1) is 48.9. The molecule has 0 aliphatic rings. The first-order valence-corrected chi connectivity index (χ1v) is 21.8. The maximum atomic E-state index is 12.3. The lowest BCUT2D eigenvalue weighted by atomic mass is 9.86. The molecule has 0 radical (unpaired) electrons. The summed E-state index contributed by atoms with van der Waals surface area (Å²) in [4.78, 5) is 26.9. The molecule has 0 N–H and O–H groups in total. The molecule has 0 amide bonds. The van der Waals surface area contributed by atoms with Gasteiger partial charge in [0.25, 0.3) is 0 Å². The highest BCUT2D eigenvalue weighted by molar-refractivity contribution is 5.69. The number of carbonyl (C=O) groups excluding carboxylic acids is 2. The monoisotopic (exact) mass is 708 g/mol. The molecule has 0 fully saturated rings. The van der Waals surface area contributed by atoms with Crippen LogP contribution in [-0.2, 0) is 19.1 Å². The summed E-state index contributed by atoms with van der Waals surface area (Å²) < 4.78 is 11.2. The summed E-state index contributed by atoms with van der Waals surface area (Å²) in [5.74, 6) is 4.92. The summed E-state index contributed by atoms with van der Waals surface area (Å²) >= 11 is 0. The van der Waals surface area contributed by atoms with Crippen LogP contribution in [-0.4, -0.2) is 50.7 Å². The van der Waals surface area contributed by atoms with Gasteiger partial charge in [0.2, 0.25) is 0 Å². The Bertz CT molecular complexity index is 721. The average Bonchev–Trinajstić information content (AvgIpc) is 3.04. The number of hydrogen-bond donors (Lipinski definition) is 0. The second-order valence-corrected chi connectivity index (χ2v) is 17.7. The fourth-order valence-electron chi connectivity index (χ4n) is 7.27. The van der Waals surface area contributed by atoms with Gasteiger partial charge in [-0.25, -0.2) is 0 Å². The molecule has 0 aromatic carbocycles. The van der Waals surface area contributed by atoms with Crippen LogP contribution in [0.3, 0.4) is 0 Å². The van der Waals surface area contributed by atoms with Crippen LogP contribution >= 0.6 is 0 Å². The first-order valence-electron chi connectivity index (χ1n) is 21.8. The van der Waals surface area contributed by atoms with E-state index in [1.54, 1.807) is 0 Å². The Labute approximate surface area is 313 Å². The van der Waals surface area contributed by atoms with Crippen LogP contribution in [0, 0.1) is 41.4 Å². The van der Waals surface area contributed by atoms with Crippen molar-refractivity contribution in [1.82, 2.24) is 4.90 Å². The average molecular weight is 708 g/mol. The van der Waals surface area contributed by atoms with Gasteiger partial charge in [0.1, 0.15) is 0 Å². The van der Waals surface area contributed by atoms with Crippen molar-refractivity contribution in [1.29, 1.82) is 0 Å². The minimum atomic E-state index is -0.00298. The van der Waals surface area contributed by atoms with Crippen molar-refractivity contribution in [3.63, 3.8) is 0 Å². The van der Waals surface area contributed by atoms with E-state index in [-0.39, 0.29) is 11.9 Å². The van der Waals surface area contributed by atoms with Gasteiger partial charge in [0.15, 0.2) is 0 Å². The van der Waals surface area contributed by atoms with Gasteiger partial charge >= 0.3 is 11.9 Å². The molecule has 0 aliphatic heterocycles. The van der Waals surface area contributed by atoms with Crippen LogP contribution in [0.15, 0.2) is 0 Å². The lowest BCUT2D eigenvalue weighted by Gasteiger charge is -2.21. The lowest BCUT2D eigenvalue weighted by molar-refractivity contribution is -0.145. The predicted octanol–water partition coefficient (Wildman–Crippen LogP) is 13.1. The Kier molecular flexibility index (Phi) is 31.8. The summed E-state index contributed by atoms with van der Waals surface area (Å²) in [6.45, 7) is 20.7. The third-order valence-corrected chi connectivity index (χ3v) is 11.1. The van der Waals surface area contributed by atoms with Gasteiger partial charge in [0, 0.05) is 12.8 Å². The van der Waals surface area contributed by atoms with Crippen LogP contribution < -0.4 is 0 Å². The van der Waals surface area contributed by atoms with Crippen LogP contribution in [0.1, 0.15) is 203 Å². The Morgan fingerprint density at radius 1 is 0.440 bits per heavy atom. The van der Waals surface area contributed by atoms with E-state index < -0.39 is 0 Å². The molecular formula is C45H89NO4. The zero-order chi connectivity index (χ0) is 37.6. The molecule has 0 bridgehead atoms. The molecule has 0 rings (SSSR count). The molecule has 0 aromatic rings. The number of rotatable bonds is 35. The topological polar surface area (TPSA) is 55.8 Å². The van der Waals surface area contributed by atoms with Gasteiger partial charge in [-0.1, -0.05) is 145 Å². The third-order valence-electron chi connectivity index (χ3n) is 11.1. The maximum Gasteiger partial charge on any atom is 0.305 e. The fourth-order valence-corrected chi connectivity index (χ4v) is 7.27. The summed E-state index contributed by atoms with van der Waals surface area (Å²) in [5, 5.41) is 0. The van der Waals surface area contributed by atoms with E-state index in [1.165, 1.54) is 103 Å². The van der Waals surface area contributed by atoms with Crippen LogP contribution in [0.2, 0.25) is 0 Å². The van der Waals surface area contributed by atoms with Crippen molar-refractivity contribution in [3.8, 4) is 0 Å². The third kappa shape index (κ3) is 31.6. The largest absolute Gasteiger partial charge is 0.466 e. The molecular weight excluding hydrogens is 618 g/mol. The summed E-state index contributed by atoms with van der Waals surface area (Å²) in [6, 6.07) is 0. The minimum absolute atomic E-state index is 0.00298. The zero-order valence-corrected chi connectivity index (χ0v) is 35.5. The molecule has 0 saturated carbocycles. The second-order valence-electron chi connectivity index (χ2n) is 17.7. The van der Waals surface area contributed by atoms with Crippen LogP contribution in [0.5, 0.6) is 0 Å². The Morgan fingerprint density at radius 3 is 1.16 bits per heavy atom. The normalized spacial score (nSPS) is 13.9. The standard InChI is InChI=1S/C45H89NO4/c1-37(2)28-30-42(39(5)6)32-35-49-44(47)26-19-15-11-13-17-23-41(25-21-22-34-46(9)10)24-18-14-12-16-20-27-45(48)50-36-33-43(40(7)8)31-29-38(3)4/h37-43H,11-36H2,1-10H3. The van der Waals surface area contributed by atoms with Crippen molar-refractivity contribution in [2.75, 3.05) is 33.9 Å². The molecule has 2 unspecified atom stereocenters. The lowest BCUT2D eigenvalue weighted by Crippen LogP contribution is -2.15. The van der Waals surface area contributed by atoms with E-state index in [0.29, 0.717) is 49.7 Å². The highest BCUT2D eigenvalue weighted by Crippen LogP contribution is 2.26. The number of unbranched alkanes of at least 4 members (excludes halogenated alkanes) is 9. The van der Waals surface area contributed by atoms with Crippen molar-refractivity contribution in [2.45, 2.75) is 203 Å². The van der Waals surface area contributed by atoms with Gasteiger partial charge in [0.05, 0.1) is 13.2 Å². The second kappa shape index (κ2) is 32.5. The minimum Gasteiger partial charge on any atom is -0.466 e. The highest BCUT2D eigenvalue weighted by Gasteiger charge is 2.16. The Morgan fingerprint density at radius 2 is 0.800 bits per heavy atom. The quantitative estimate of drug-likeness (QED) is 0.0485. The number of nitrogens with zero attached hydrogens (tertiary/aromatic N) is 1. The molecule has 5 nitrogen and oxygen atoms in total. The zero-order valence-electron chi connectivity index (χ0n) is 35.5. The van der Waals surface area contributed by atoms with Gasteiger partial charge in [-0.15, -0.1) is 0 Å². The van der Waals surface area contributed by atoms with E-state index in [2.05, 4.69) is 74.4 Å². The molecule has 5 heteroatoms. The summed E-state index contributed by atoms with van der Waals surface area (Å²) in [5.41, 5.74) is 0. The summed E-state index contributed by atoms with van der Waals surface area (Å²) in [6.07, 6.45) is 26.6. The maximum absolute atomic E-state index is 12.3. The molecule has 0 saturated heterocycles. The Hall–Kier alpha value is -1.10. The highest BCUT2D eigenvalue weighted by atomic mass is 16.5. The van der Waals surface area contributed by atoms with E-state index in [4.69, 9.17) is 9.47 Å². The van der Waals surface area contributed by atoms with E-state index >= 15 is 0 Å². The van der Waals surface area contributed by atoms with Gasteiger partial charge < -0.3 is 14.4 Å². The Balaban J connectivity index is 4.14. The molecule has 0 aliphatic carbocycles. The molecule has 298 valence electrons. The SMILES string of the molecule is CC(C)CCC(CCOC(=O)CCCCCCCC(CCCCCCCC(=O)OCCC(CCC(C)C)C(C)C)CCCCN(C)C)C(C)C. The molecule has 0 aromatic heterocycles. The van der Waals surface area contributed by atoms with Gasteiger partial charge in [-0.3, -0.25) is 9.59 Å². The summed E-state index contributed by atoms with van der Waals surface area (Å²) in [7, 11) is 4.34. The van der Waals surface area contributed by atoms with Crippen LogP contribution in [0.25, 0.3) is 0 Å². The molecule has 50 heavy (non-hydrogen) atoms. The van der Waals surface area contributed by atoms with Gasteiger partial charge in [-0.2, -0.15) is 0 Å². The molecule has 0 spiro atoms. The molecule has 2 atom stereocenters. The number of esters is 2. The number of carbonyl (C=O) groups is 2. The van der Waals surface area contributed by atoms with E-state index in [1.807, 2.05) is 0 Å². The van der Waals surface area contributed by atoms with Crippen molar-refractivity contribution in [3.05, 3.63) is 0 Å². The van der Waals surface area contributed by atoms with Crippen molar-refractivity contribution >= 4 is 11.9 Å². The number of hydrogen-bond acceptors (Lipinski definition) is 5.